The van der Waals surface area contributed by atoms with Gasteiger partial charge in [0, 0.05) is 21.8 Å². The lowest BCUT2D eigenvalue weighted by molar-refractivity contribution is 0.353. The minimum absolute atomic E-state index is 0.395. The minimum atomic E-state index is 0.395. The molecule has 1 aromatic carbocycles. The summed E-state index contributed by atoms with van der Waals surface area (Å²) in [5.41, 5.74) is 3.93. The molecule has 1 unspecified atom stereocenters. The summed E-state index contributed by atoms with van der Waals surface area (Å²) in [5, 5.41) is 0.919. The molecule has 0 fully saturated rings. The number of hydrogen-bond acceptors (Lipinski definition) is 1. The van der Waals surface area contributed by atoms with Gasteiger partial charge in [0.05, 0.1) is 6.61 Å². The molecule has 3 rings (SSSR count). The highest BCUT2D eigenvalue weighted by Crippen LogP contribution is 2.45. The monoisotopic (exact) mass is 300 g/mol. The molecule has 1 atom stereocenters. The average molecular weight is 302 g/mol. The van der Waals surface area contributed by atoms with Gasteiger partial charge >= 0.3 is 0 Å². The van der Waals surface area contributed by atoms with Crippen LogP contribution in [0.1, 0.15) is 40.8 Å². The van der Waals surface area contributed by atoms with E-state index in [0.717, 1.165) is 30.2 Å². The number of rotatable bonds is 0. The molecule has 2 aliphatic rings. The molecular formula is C13H14BrClO. The first-order chi connectivity index (χ1) is 7.77. The van der Waals surface area contributed by atoms with Crippen LogP contribution < -0.4 is 4.74 Å². The van der Waals surface area contributed by atoms with E-state index < -0.39 is 0 Å². The molecule has 1 aliphatic carbocycles. The third kappa shape index (κ3) is 1.67. The second-order valence-electron chi connectivity index (χ2n) is 4.55. The van der Waals surface area contributed by atoms with Gasteiger partial charge in [0.15, 0.2) is 0 Å². The number of alkyl halides is 1. The van der Waals surface area contributed by atoms with Crippen LogP contribution in [0.4, 0.5) is 0 Å². The van der Waals surface area contributed by atoms with Crippen LogP contribution in [-0.2, 0) is 12.8 Å². The molecule has 0 spiro atoms. The zero-order chi connectivity index (χ0) is 11.1. The van der Waals surface area contributed by atoms with Crippen LogP contribution in [-0.4, -0.2) is 6.61 Å². The number of ether oxygens (including phenoxy) is 1. The van der Waals surface area contributed by atoms with Crippen molar-refractivity contribution in [1.29, 1.82) is 0 Å². The van der Waals surface area contributed by atoms with Gasteiger partial charge in [0.25, 0.3) is 0 Å². The summed E-state index contributed by atoms with van der Waals surface area (Å²) >= 11 is 10.2. The van der Waals surface area contributed by atoms with E-state index in [0.29, 0.717) is 4.83 Å². The summed E-state index contributed by atoms with van der Waals surface area (Å²) in [4.78, 5) is 0.395. The van der Waals surface area contributed by atoms with Gasteiger partial charge in [-0.3, -0.25) is 0 Å². The van der Waals surface area contributed by atoms with Crippen LogP contribution in [0.3, 0.4) is 0 Å². The molecule has 0 aromatic heterocycles. The van der Waals surface area contributed by atoms with Gasteiger partial charge in [0.2, 0.25) is 0 Å². The molecule has 86 valence electrons. The van der Waals surface area contributed by atoms with Crippen molar-refractivity contribution in [2.45, 2.75) is 36.9 Å². The Kier molecular flexibility index (Phi) is 2.88. The molecule has 0 N–H and O–H groups in total. The van der Waals surface area contributed by atoms with Crippen molar-refractivity contribution in [3.8, 4) is 5.75 Å². The summed E-state index contributed by atoms with van der Waals surface area (Å²) in [6.45, 7) is 0.815. The molecular weight excluding hydrogens is 287 g/mol. The number of hydrogen-bond donors (Lipinski definition) is 0. The molecule has 0 bridgehead atoms. The highest BCUT2D eigenvalue weighted by Gasteiger charge is 2.26. The highest BCUT2D eigenvalue weighted by atomic mass is 79.9. The van der Waals surface area contributed by atoms with Crippen molar-refractivity contribution in [3.63, 3.8) is 0 Å². The zero-order valence-electron chi connectivity index (χ0n) is 9.06. The SMILES string of the molecule is Clc1cc2c(c3c1C(Br)CCCC3)OCC2. The fourth-order valence-corrected chi connectivity index (χ4v) is 4.10. The molecule has 3 heteroatoms. The lowest BCUT2D eigenvalue weighted by Gasteiger charge is -2.16. The third-order valence-corrected chi connectivity index (χ3v) is 4.74. The molecule has 0 saturated carbocycles. The molecule has 1 heterocycles. The van der Waals surface area contributed by atoms with Crippen LogP contribution >= 0.6 is 27.5 Å². The fraction of sp³-hybridized carbons (Fsp3) is 0.538. The molecule has 0 saturated heterocycles. The first-order valence-electron chi connectivity index (χ1n) is 5.88. The van der Waals surface area contributed by atoms with Crippen molar-refractivity contribution in [2.75, 3.05) is 6.61 Å². The van der Waals surface area contributed by atoms with Crippen LogP contribution in [0.5, 0.6) is 5.75 Å². The van der Waals surface area contributed by atoms with Crippen molar-refractivity contribution in [3.05, 3.63) is 27.8 Å². The van der Waals surface area contributed by atoms with E-state index in [1.54, 1.807) is 0 Å². The molecule has 1 aromatic rings. The van der Waals surface area contributed by atoms with Gasteiger partial charge in [-0.2, -0.15) is 0 Å². The van der Waals surface area contributed by atoms with E-state index in [9.17, 15) is 0 Å². The lowest BCUT2D eigenvalue weighted by atomic mass is 9.98. The van der Waals surface area contributed by atoms with Crippen molar-refractivity contribution in [2.24, 2.45) is 0 Å². The van der Waals surface area contributed by atoms with Gasteiger partial charge in [-0.05, 0) is 36.5 Å². The Morgan fingerprint density at radius 2 is 2.19 bits per heavy atom. The van der Waals surface area contributed by atoms with Gasteiger partial charge in [-0.25, -0.2) is 0 Å². The maximum atomic E-state index is 6.41. The van der Waals surface area contributed by atoms with E-state index in [1.165, 1.54) is 36.0 Å². The third-order valence-electron chi connectivity index (χ3n) is 3.51. The van der Waals surface area contributed by atoms with Gasteiger partial charge < -0.3 is 4.74 Å². The normalized spacial score (nSPS) is 23.2. The number of halogens is 2. The second-order valence-corrected chi connectivity index (χ2v) is 6.06. The Hall–Kier alpha value is -0.210. The summed E-state index contributed by atoms with van der Waals surface area (Å²) in [5.74, 6) is 1.13. The van der Waals surface area contributed by atoms with E-state index in [2.05, 4.69) is 22.0 Å². The second kappa shape index (κ2) is 4.23. The Balaban J connectivity index is 2.21. The standard InChI is InChI=1S/C13H14BrClO/c14-10-4-2-1-3-9-12(10)11(15)7-8-5-6-16-13(8)9/h7,10H,1-6H2. The summed E-state index contributed by atoms with van der Waals surface area (Å²) in [7, 11) is 0. The van der Waals surface area contributed by atoms with Crippen molar-refractivity contribution >= 4 is 27.5 Å². The van der Waals surface area contributed by atoms with Crippen LogP contribution in [0.25, 0.3) is 0 Å². The molecule has 1 nitrogen and oxygen atoms in total. The van der Waals surface area contributed by atoms with Crippen LogP contribution in [0.2, 0.25) is 5.02 Å². The molecule has 0 radical (unpaired) electrons. The van der Waals surface area contributed by atoms with Crippen LogP contribution in [0.15, 0.2) is 6.07 Å². The minimum Gasteiger partial charge on any atom is -0.493 e. The Morgan fingerprint density at radius 1 is 1.31 bits per heavy atom. The first kappa shape index (κ1) is 10.9. The van der Waals surface area contributed by atoms with Gasteiger partial charge in [-0.15, -0.1) is 0 Å². The molecule has 16 heavy (non-hydrogen) atoms. The van der Waals surface area contributed by atoms with E-state index in [4.69, 9.17) is 16.3 Å². The zero-order valence-corrected chi connectivity index (χ0v) is 11.4. The van der Waals surface area contributed by atoms with Crippen molar-refractivity contribution in [1.82, 2.24) is 0 Å². The fourth-order valence-electron chi connectivity index (χ4n) is 2.74. The highest BCUT2D eigenvalue weighted by molar-refractivity contribution is 9.09. The van der Waals surface area contributed by atoms with E-state index >= 15 is 0 Å². The largest absolute Gasteiger partial charge is 0.493 e. The smallest absolute Gasteiger partial charge is 0.126 e. The number of fused-ring (bicyclic) bond motifs is 3. The topological polar surface area (TPSA) is 9.23 Å². The van der Waals surface area contributed by atoms with Gasteiger partial charge in [0.1, 0.15) is 5.75 Å². The molecule has 0 amide bonds. The lowest BCUT2D eigenvalue weighted by Crippen LogP contribution is -1.98. The quantitative estimate of drug-likeness (QED) is 0.508. The van der Waals surface area contributed by atoms with Crippen molar-refractivity contribution < 1.29 is 4.74 Å². The van der Waals surface area contributed by atoms with Gasteiger partial charge in [-0.1, -0.05) is 34.0 Å². The first-order valence-corrected chi connectivity index (χ1v) is 7.18. The van der Waals surface area contributed by atoms with Crippen LogP contribution in [0, 0.1) is 0 Å². The number of benzene rings is 1. The summed E-state index contributed by atoms with van der Waals surface area (Å²) in [6.07, 6.45) is 5.79. The molecule has 1 aliphatic heterocycles. The Labute approximate surface area is 109 Å². The average Bonchev–Trinajstić information content (AvgIpc) is 2.62. The predicted molar refractivity (Wildman–Crippen MR) is 69.9 cm³/mol. The Morgan fingerprint density at radius 3 is 3.06 bits per heavy atom. The maximum absolute atomic E-state index is 6.41. The summed E-state index contributed by atoms with van der Waals surface area (Å²) < 4.78 is 5.78. The Bertz CT molecular complexity index is 430. The van der Waals surface area contributed by atoms with E-state index in [1.807, 2.05) is 0 Å². The predicted octanol–water partition coefficient (Wildman–Crippen LogP) is 4.44. The maximum Gasteiger partial charge on any atom is 0.126 e. The summed E-state index contributed by atoms with van der Waals surface area (Å²) in [6, 6.07) is 2.10. The van der Waals surface area contributed by atoms with E-state index in [-0.39, 0.29) is 0 Å².